The first-order chi connectivity index (χ1) is 10.2. The second kappa shape index (κ2) is 6.02. The number of anilines is 1. The Morgan fingerprint density at radius 3 is 2.62 bits per heavy atom. The van der Waals surface area contributed by atoms with Crippen LogP contribution in [0.15, 0.2) is 48.5 Å². The van der Waals surface area contributed by atoms with Gasteiger partial charge in [0.2, 0.25) is 0 Å². The van der Waals surface area contributed by atoms with Crippen LogP contribution in [0.1, 0.15) is 28.4 Å². The van der Waals surface area contributed by atoms with Crippen molar-refractivity contribution in [2.24, 2.45) is 5.92 Å². The zero-order valence-corrected chi connectivity index (χ0v) is 13.6. The zero-order chi connectivity index (χ0) is 14.8. The normalized spacial score (nSPS) is 17.4. The van der Waals surface area contributed by atoms with E-state index in [-0.39, 0.29) is 5.91 Å². The molecule has 0 radical (unpaired) electrons. The Labute approximate surface area is 133 Å². The van der Waals surface area contributed by atoms with Crippen molar-refractivity contribution in [3.63, 3.8) is 0 Å². The minimum Gasteiger partial charge on any atom is -0.308 e. The van der Waals surface area contributed by atoms with E-state index in [0.717, 1.165) is 29.5 Å². The van der Waals surface area contributed by atoms with Crippen molar-refractivity contribution in [2.75, 3.05) is 11.4 Å². The molecule has 2 aromatic carbocycles. The van der Waals surface area contributed by atoms with Crippen LogP contribution in [0.3, 0.4) is 0 Å². The molecule has 0 spiro atoms. The second-order valence-corrected chi connectivity index (χ2v) is 6.25. The molecule has 0 aromatic heterocycles. The molecule has 1 heterocycles. The van der Waals surface area contributed by atoms with E-state index in [0.29, 0.717) is 5.92 Å². The Hall–Kier alpha value is -1.61. The summed E-state index contributed by atoms with van der Waals surface area (Å²) in [6.45, 7) is 2.99. The molecule has 0 aliphatic carbocycles. The van der Waals surface area contributed by atoms with Gasteiger partial charge in [-0.2, -0.15) is 0 Å². The van der Waals surface area contributed by atoms with E-state index in [1.54, 1.807) is 0 Å². The highest BCUT2D eigenvalue weighted by molar-refractivity contribution is 9.08. The quantitative estimate of drug-likeness (QED) is 0.739. The Kier molecular flexibility index (Phi) is 4.11. The number of fused-ring (bicyclic) bond motifs is 1. The number of halogens is 1. The van der Waals surface area contributed by atoms with E-state index < -0.39 is 0 Å². The van der Waals surface area contributed by atoms with Crippen molar-refractivity contribution in [2.45, 2.75) is 18.7 Å². The molecule has 1 atom stereocenters. The van der Waals surface area contributed by atoms with Crippen molar-refractivity contribution in [3.05, 3.63) is 65.2 Å². The molecular formula is C18H18BrNO. The van der Waals surface area contributed by atoms with Crippen molar-refractivity contribution in [1.29, 1.82) is 0 Å². The molecule has 0 saturated carbocycles. The molecule has 1 unspecified atom stereocenters. The first-order valence-corrected chi connectivity index (χ1v) is 8.36. The molecule has 21 heavy (non-hydrogen) atoms. The number of alkyl halides is 1. The highest BCUT2D eigenvalue weighted by Gasteiger charge is 2.26. The third kappa shape index (κ3) is 2.88. The van der Waals surface area contributed by atoms with Crippen molar-refractivity contribution in [3.8, 4) is 0 Å². The Balaban J connectivity index is 1.93. The molecule has 2 aromatic rings. The molecule has 0 saturated heterocycles. The van der Waals surface area contributed by atoms with Crippen LogP contribution in [-0.4, -0.2) is 12.5 Å². The molecule has 108 valence electrons. The molecular weight excluding hydrogens is 326 g/mol. The number of rotatable bonds is 2. The Bertz CT molecular complexity index is 651. The maximum absolute atomic E-state index is 12.8. The Morgan fingerprint density at radius 2 is 1.90 bits per heavy atom. The van der Waals surface area contributed by atoms with Crippen LogP contribution < -0.4 is 4.90 Å². The molecule has 0 N–H and O–H groups in total. The number of amides is 1. The third-order valence-electron chi connectivity index (χ3n) is 3.95. The van der Waals surface area contributed by atoms with E-state index in [9.17, 15) is 4.79 Å². The highest BCUT2D eigenvalue weighted by Crippen LogP contribution is 2.30. The summed E-state index contributed by atoms with van der Waals surface area (Å²) in [5.41, 5.74) is 4.26. The van der Waals surface area contributed by atoms with Gasteiger partial charge in [-0.05, 0) is 41.7 Å². The summed E-state index contributed by atoms with van der Waals surface area (Å²) in [4.78, 5) is 14.7. The lowest BCUT2D eigenvalue weighted by Crippen LogP contribution is -2.39. The number of carbonyl (C=O) groups is 1. The van der Waals surface area contributed by atoms with Gasteiger partial charge in [0.1, 0.15) is 0 Å². The van der Waals surface area contributed by atoms with Crippen LogP contribution in [-0.2, 0) is 11.8 Å². The van der Waals surface area contributed by atoms with Crippen LogP contribution in [0.5, 0.6) is 0 Å². The average molecular weight is 344 g/mol. The number of hydrogen-bond acceptors (Lipinski definition) is 1. The van der Waals surface area contributed by atoms with E-state index in [4.69, 9.17) is 0 Å². The van der Waals surface area contributed by atoms with E-state index >= 15 is 0 Å². The summed E-state index contributed by atoms with van der Waals surface area (Å²) in [5.74, 6) is 0.584. The van der Waals surface area contributed by atoms with Crippen LogP contribution >= 0.6 is 15.9 Å². The summed E-state index contributed by atoms with van der Waals surface area (Å²) < 4.78 is 0. The molecule has 3 heteroatoms. The molecule has 0 bridgehead atoms. The topological polar surface area (TPSA) is 20.3 Å². The second-order valence-electron chi connectivity index (χ2n) is 5.68. The van der Waals surface area contributed by atoms with Crippen LogP contribution in [0.2, 0.25) is 0 Å². The standard InChI is InChI=1S/C18H18BrNO/c1-13-10-16-4-2-3-5-17(16)20(12-13)18(21)15-8-6-14(11-19)7-9-15/h2-9,13H,10-12H2,1H3. The SMILES string of the molecule is CC1Cc2ccccc2N(C(=O)c2ccc(CBr)cc2)C1. The predicted molar refractivity (Wildman–Crippen MR) is 90.1 cm³/mol. The van der Waals surface area contributed by atoms with Gasteiger partial charge in [-0.3, -0.25) is 4.79 Å². The van der Waals surface area contributed by atoms with Crippen LogP contribution in [0.4, 0.5) is 5.69 Å². The molecule has 1 aliphatic rings. The van der Waals surface area contributed by atoms with Gasteiger partial charge in [0.15, 0.2) is 0 Å². The fraction of sp³-hybridized carbons (Fsp3) is 0.278. The number of nitrogens with zero attached hydrogens (tertiary/aromatic N) is 1. The van der Waals surface area contributed by atoms with E-state index in [1.807, 2.05) is 47.4 Å². The number of hydrogen-bond donors (Lipinski definition) is 0. The maximum atomic E-state index is 12.8. The summed E-state index contributed by atoms with van der Waals surface area (Å²) in [6, 6.07) is 16.1. The summed E-state index contributed by atoms with van der Waals surface area (Å²) in [6.07, 6.45) is 1.04. The van der Waals surface area contributed by atoms with Crippen LogP contribution in [0.25, 0.3) is 0 Å². The van der Waals surface area contributed by atoms with Crippen molar-refractivity contribution in [1.82, 2.24) is 0 Å². The summed E-state index contributed by atoms with van der Waals surface area (Å²) >= 11 is 3.43. The zero-order valence-electron chi connectivity index (χ0n) is 12.1. The summed E-state index contributed by atoms with van der Waals surface area (Å²) in [5, 5.41) is 0.811. The lowest BCUT2D eigenvalue weighted by molar-refractivity contribution is 0.0981. The van der Waals surface area contributed by atoms with Gasteiger partial charge in [0.25, 0.3) is 5.91 Å². The average Bonchev–Trinajstić information content (AvgIpc) is 2.53. The molecule has 3 rings (SSSR count). The van der Waals surface area contributed by atoms with Crippen molar-refractivity contribution < 1.29 is 4.79 Å². The van der Waals surface area contributed by atoms with Gasteiger partial charge in [0, 0.05) is 23.1 Å². The van der Waals surface area contributed by atoms with Gasteiger partial charge >= 0.3 is 0 Å². The molecule has 1 aliphatic heterocycles. The molecule has 2 nitrogen and oxygen atoms in total. The smallest absolute Gasteiger partial charge is 0.258 e. The predicted octanol–water partition coefficient (Wildman–Crippen LogP) is 4.42. The lowest BCUT2D eigenvalue weighted by atomic mass is 9.93. The molecule has 1 amide bonds. The maximum Gasteiger partial charge on any atom is 0.258 e. The van der Waals surface area contributed by atoms with Gasteiger partial charge in [-0.25, -0.2) is 0 Å². The largest absolute Gasteiger partial charge is 0.308 e. The fourth-order valence-electron chi connectivity index (χ4n) is 2.88. The Morgan fingerprint density at radius 1 is 1.19 bits per heavy atom. The van der Waals surface area contributed by atoms with Crippen molar-refractivity contribution >= 4 is 27.5 Å². The molecule has 0 fully saturated rings. The first-order valence-electron chi connectivity index (χ1n) is 7.23. The van der Waals surface area contributed by atoms with E-state index in [1.165, 1.54) is 11.1 Å². The van der Waals surface area contributed by atoms with Crippen LogP contribution in [0, 0.1) is 5.92 Å². The van der Waals surface area contributed by atoms with Gasteiger partial charge in [0.05, 0.1) is 0 Å². The monoisotopic (exact) mass is 343 g/mol. The summed E-state index contributed by atoms with van der Waals surface area (Å²) in [7, 11) is 0. The first kappa shape index (κ1) is 14.3. The fourth-order valence-corrected chi connectivity index (χ4v) is 3.26. The lowest BCUT2D eigenvalue weighted by Gasteiger charge is -2.33. The minimum atomic E-state index is 0.0927. The number of para-hydroxylation sites is 1. The highest BCUT2D eigenvalue weighted by atomic mass is 79.9. The van der Waals surface area contributed by atoms with Gasteiger partial charge < -0.3 is 4.90 Å². The number of benzene rings is 2. The number of carbonyl (C=O) groups excluding carboxylic acids is 1. The van der Waals surface area contributed by atoms with E-state index in [2.05, 4.69) is 28.9 Å². The van der Waals surface area contributed by atoms with Gasteiger partial charge in [-0.15, -0.1) is 0 Å². The minimum absolute atomic E-state index is 0.0927. The van der Waals surface area contributed by atoms with Gasteiger partial charge in [-0.1, -0.05) is 53.2 Å². The third-order valence-corrected chi connectivity index (χ3v) is 4.59.